The van der Waals surface area contributed by atoms with Gasteiger partial charge < -0.3 is 15.5 Å². The summed E-state index contributed by atoms with van der Waals surface area (Å²) < 4.78 is 0. The van der Waals surface area contributed by atoms with Crippen LogP contribution in [0.1, 0.15) is 6.92 Å². The smallest absolute Gasteiger partial charge is 0.191 e. The van der Waals surface area contributed by atoms with Gasteiger partial charge in [-0.2, -0.15) is 0 Å². The number of rotatable bonds is 8. The topological polar surface area (TPSA) is 39.7 Å². The largest absolute Gasteiger partial charge is 0.356 e. The number of thioether (sulfide) groups is 1. The molecule has 1 aromatic carbocycles. The van der Waals surface area contributed by atoms with E-state index in [0.717, 1.165) is 37.9 Å². The molecule has 2 N–H and O–H groups in total. The minimum absolute atomic E-state index is 0.878. The Hall–Kier alpha value is -1.20. The third-order valence-corrected chi connectivity index (χ3v) is 3.97. The van der Waals surface area contributed by atoms with E-state index in [4.69, 9.17) is 0 Å². The lowest BCUT2D eigenvalue weighted by atomic mass is 10.4. The van der Waals surface area contributed by atoms with E-state index in [1.54, 1.807) is 0 Å². The van der Waals surface area contributed by atoms with Crippen molar-refractivity contribution in [1.82, 2.24) is 15.5 Å². The van der Waals surface area contributed by atoms with Crippen molar-refractivity contribution < 1.29 is 0 Å². The number of benzene rings is 1. The van der Waals surface area contributed by atoms with E-state index in [9.17, 15) is 0 Å². The van der Waals surface area contributed by atoms with Gasteiger partial charge in [0.1, 0.15) is 0 Å². The fraction of sp³-hybridized carbons (Fsp3) is 0.533. The molecule has 0 aliphatic heterocycles. The Morgan fingerprint density at radius 1 is 1.20 bits per heavy atom. The normalized spacial score (nSPS) is 11.7. The second-order valence-corrected chi connectivity index (χ2v) is 5.65. The molecule has 0 bridgehead atoms. The van der Waals surface area contributed by atoms with Gasteiger partial charge in [-0.05, 0) is 25.7 Å². The summed E-state index contributed by atoms with van der Waals surface area (Å²) in [6.07, 6.45) is 0. The Morgan fingerprint density at radius 3 is 2.55 bits per heavy atom. The highest BCUT2D eigenvalue weighted by atomic mass is 32.2. The minimum atomic E-state index is 0.878. The first kappa shape index (κ1) is 16.9. The van der Waals surface area contributed by atoms with Crippen molar-refractivity contribution in [2.24, 2.45) is 4.99 Å². The molecule has 0 aromatic heterocycles. The highest BCUT2D eigenvalue weighted by Gasteiger charge is 1.98. The maximum Gasteiger partial charge on any atom is 0.191 e. The molecule has 5 heteroatoms. The van der Waals surface area contributed by atoms with E-state index in [2.05, 4.69) is 58.8 Å². The fourth-order valence-electron chi connectivity index (χ4n) is 1.60. The number of likely N-dealkylation sites (N-methyl/N-ethyl adjacent to an activating group) is 1. The summed E-state index contributed by atoms with van der Waals surface area (Å²) in [4.78, 5) is 7.80. The second-order valence-electron chi connectivity index (χ2n) is 4.48. The number of hydrogen-bond acceptors (Lipinski definition) is 3. The van der Waals surface area contributed by atoms with Crippen LogP contribution in [0.2, 0.25) is 0 Å². The summed E-state index contributed by atoms with van der Waals surface area (Å²) in [6, 6.07) is 10.5. The van der Waals surface area contributed by atoms with Crippen LogP contribution in [0.3, 0.4) is 0 Å². The number of nitrogens with zero attached hydrogens (tertiary/aromatic N) is 2. The van der Waals surface area contributed by atoms with Crippen molar-refractivity contribution >= 4 is 17.7 Å². The van der Waals surface area contributed by atoms with Crippen molar-refractivity contribution in [1.29, 1.82) is 0 Å². The molecule has 1 rings (SSSR count). The standard InChI is InChI=1S/C15H26N4S/c1-4-19(3)12-10-17-15(16-2)18-11-13-20-14-8-6-5-7-9-14/h5-9H,4,10-13H2,1-3H3,(H2,16,17,18). The maximum atomic E-state index is 4.22. The van der Waals surface area contributed by atoms with Gasteiger partial charge in [0.15, 0.2) is 5.96 Å². The van der Waals surface area contributed by atoms with Crippen molar-refractivity contribution in [3.05, 3.63) is 30.3 Å². The lowest BCUT2D eigenvalue weighted by Gasteiger charge is -2.16. The third-order valence-electron chi connectivity index (χ3n) is 2.96. The summed E-state index contributed by atoms with van der Waals surface area (Å²) in [5.41, 5.74) is 0. The Morgan fingerprint density at radius 2 is 1.90 bits per heavy atom. The highest BCUT2D eigenvalue weighted by molar-refractivity contribution is 7.99. The molecule has 20 heavy (non-hydrogen) atoms. The van der Waals surface area contributed by atoms with Gasteiger partial charge in [0.25, 0.3) is 0 Å². The average Bonchev–Trinajstić information content (AvgIpc) is 2.50. The molecule has 0 aliphatic carbocycles. The van der Waals surface area contributed by atoms with E-state index in [1.165, 1.54) is 4.90 Å². The van der Waals surface area contributed by atoms with Crippen molar-refractivity contribution in [3.63, 3.8) is 0 Å². The van der Waals surface area contributed by atoms with Crippen LogP contribution in [0.25, 0.3) is 0 Å². The predicted octanol–water partition coefficient (Wildman–Crippen LogP) is 1.90. The summed E-state index contributed by atoms with van der Waals surface area (Å²) in [5.74, 6) is 1.91. The number of guanidine groups is 1. The van der Waals surface area contributed by atoms with Crippen LogP contribution >= 0.6 is 11.8 Å². The molecular weight excluding hydrogens is 268 g/mol. The van der Waals surface area contributed by atoms with Crippen LogP contribution in [0.15, 0.2) is 40.2 Å². The van der Waals surface area contributed by atoms with E-state index in [0.29, 0.717) is 0 Å². The molecule has 0 aliphatic rings. The summed E-state index contributed by atoms with van der Waals surface area (Å²) in [5, 5.41) is 6.65. The lowest BCUT2D eigenvalue weighted by Crippen LogP contribution is -2.41. The quantitative estimate of drug-likeness (QED) is 0.332. The first-order valence-electron chi connectivity index (χ1n) is 7.07. The van der Waals surface area contributed by atoms with Crippen molar-refractivity contribution in [3.8, 4) is 0 Å². The van der Waals surface area contributed by atoms with Crippen LogP contribution in [-0.2, 0) is 0 Å². The molecule has 0 unspecified atom stereocenters. The zero-order chi connectivity index (χ0) is 14.6. The molecule has 0 amide bonds. The Bertz CT molecular complexity index is 381. The van der Waals surface area contributed by atoms with E-state index in [-0.39, 0.29) is 0 Å². The summed E-state index contributed by atoms with van der Waals surface area (Å²) in [7, 11) is 3.93. The molecule has 0 spiro atoms. The van der Waals surface area contributed by atoms with Gasteiger partial charge in [-0.1, -0.05) is 25.1 Å². The summed E-state index contributed by atoms with van der Waals surface area (Å²) in [6.45, 7) is 6.07. The fourth-order valence-corrected chi connectivity index (χ4v) is 2.39. The van der Waals surface area contributed by atoms with Gasteiger partial charge in [0.05, 0.1) is 0 Å². The number of aliphatic imine (C=N–C) groups is 1. The molecular formula is C15H26N4S. The molecule has 112 valence electrons. The molecule has 0 fully saturated rings. The van der Waals surface area contributed by atoms with Gasteiger partial charge in [-0.15, -0.1) is 11.8 Å². The van der Waals surface area contributed by atoms with Gasteiger partial charge in [-0.3, -0.25) is 4.99 Å². The molecule has 0 atom stereocenters. The van der Waals surface area contributed by atoms with Crippen LogP contribution in [0.5, 0.6) is 0 Å². The van der Waals surface area contributed by atoms with Crippen molar-refractivity contribution in [2.45, 2.75) is 11.8 Å². The van der Waals surface area contributed by atoms with Crippen LogP contribution in [0.4, 0.5) is 0 Å². The molecule has 0 radical (unpaired) electrons. The molecule has 1 aromatic rings. The lowest BCUT2D eigenvalue weighted by molar-refractivity contribution is 0.357. The first-order valence-corrected chi connectivity index (χ1v) is 8.05. The Balaban J connectivity index is 2.12. The molecule has 0 saturated heterocycles. The SMILES string of the molecule is CCN(C)CCNC(=NC)NCCSc1ccccc1. The molecule has 0 saturated carbocycles. The van der Waals surface area contributed by atoms with Gasteiger partial charge >= 0.3 is 0 Å². The second kappa shape index (κ2) is 10.6. The monoisotopic (exact) mass is 294 g/mol. The van der Waals surface area contributed by atoms with E-state index in [1.807, 2.05) is 24.9 Å². The maximum absolute atomic E-state index is 4.22. The number of hydrogen-bond donors (Lipinski definition) is 2. The Kier molecular flexibility index (Phi) is 8.91. The third kappa shape index (κ3) is 7.40. The number of nitrogens with one attached hydrogen (secondary N) is 2. The van der Waals surface area contributed by atoms with Gasteiger partial charge in [0, 0.05) is 37.3 Å². The predicted molar refractivity (Wildman–Crippen MR) is 89.7 cm³/mol. The molecule has 4 nitrogen and oxygen atoms in total. The van der Waals surface area contributed by atoms with Crippen molar-refractivity contribution in [2.75, 3.05) is 46.0 Å². The first-order chi connectivity index (χ1) is 9.76. The zero-order valence-corrected chi connectivity index (χ0v) is 13.5. The highest BCUT2D eigenvalue weighted by Crippen LogP contribution is 2.15. The Labute approximate surface area is 127 Å². The van der Waals surface area contributed by atoms with E-state index >= 15 is 0 Å². The van der Waals surface area contributed by atoms with Crippen LogP contribution in [-0.4, -0.2) is 56.9 Å². The summed E-state index contributed by atoms with van der Waals surface area (Å²) >= 11 is 1.85. The van der Waals surface area contributed by atoms with E-state index < -0.39 is 0 Å². The molecule has 0 heterocycles. The zero-order valence-electron chi connectivity index (χ0n) is 12.7. The minimum Gasteiger partial charge on any atom is -0.356 e. The van der Waals surface area contributed by atoms with Crippen LogP contribution in [0, 0.1) is 0 Å². The van der Waals surface area contributed by atoms with Gasteiger partial charge in [-0.25, -0.2) is 0 Å². The van der Waals surface area contributed by atoms with Crippen LogP contribution < -0.4 is 10.6 Å². The average molecular weight is 294 g/mol. The van der Waals surface area contributed by atoms with Gasteiger partial charge in [0.2, 0.25) is 0 Å².